The van der Waals surface area contributed by atoms with E-state index >= 15 is 0 Å². The Morgan fingerprint density at radius 3 is 2.67 bits per heavy atom. The van der Waals surface area contributed by atoms with Gasteiger partial charge >= 0.3 is 0 Å². The molecule has 0 fully saturated rings. The van der Waals surface area contributed by atoms with E-state index in [1.165, 1.54) is 0 Å². The van der Waals surface area contributed by atoms with Crippen molar-refractivity contribution in [3.05, 3.63) is 52.8 Å². The van der Waals surface area contributed by atoms with Crippen molar-refractivity contribution in [3.63, 3.8) is 0 Å². The second-order valence-electron chi connectivity index (χ2n) is 4.17. The van der Waals surface area contributed by atoms with Crippen LogP contribution in [0.3, 0.4) is 0 Å². The van der Waals surface area contributed by atoms with Crippen molar-refractivity contribution in [1.82, 2.24) is 4.98 Å². The van der Waals surface area contributed by atoms with Crippen molar-refractivity contribution in [2.24, 2.45) is 5.73 Å². The summed E-state index contributed by atoms with van der Waals surface area (Å²) in [7, 11) is 0. The largest absolute Gasteiger partial charge is 0.454 e. The summed E-state index contributed by atoms with van der Waals surface area (Å²) >= 11 is 6.17. The molecule has 1 atom stereocenters. The number of aryl methyl sites for hydroxylation is 1. The van der Waals surface area contributed by atoms with Crippen molar-refractivity contribution in [2.75, 3.05) is 0 Å². The summed E-state index contributed by atoms with van der Waals surface area (Å²) in [6.07, 6.45) is 1.73. The Morgan fingerprint density at radius 1 is 1.28 bits per heavy atom. The molecule has 94 valence electrons. The van der Waals surface area contributed by atoms with Gasteiger partial charge in [0.1, 0.15) is 11.5 Å². The van der Waals surface area contributed by atoms with E-state index in [2.05, 4.69) is 4.98 Å². The van der Waals surface area contributed by atoms with Crippen LogP contribution in [0.4, 0.5) is 0 Å². The van der Waals surface area contributed by atoms with E-state index in [4.69, 9.17) is 22.1 Å². The molecule has 0 radical (unpaired) electrons. The molecule has 1 heterocycles. The average Bonchev–Trinajstić information content (AvgIpc) is 2.34. The Kier molecular flexibility index (Phi) is 3.84. The van der Waals surface area contributed by atoms with Crippen LogP contribution in [-0.2, 0) is 0 Å². The molecule has 0 saturated heterocycles. The summed E-state index contributed by atoms with van der Waals surface area (Å²) < 4.78 is 5.74. The first-order chi connectivity index (χ1) is 8.58. The Labute approximate surface area is 112 Å². The minimum atomic E-state index is -0.0447. The van der Waals surface area contributed by atoms with Crippen molar-refractivity contribution < 1.29 is 4.74 Å². The van der Waals surface area contributed by atoms with E-state index in [-0.39, 0.29) is 6.04 Å². The molecule has 0 aliphatic rings. The zero-order valence-corrected chi connectivity index (χ0v) is 11.1. The van der Waals surface area contributed by atoms with Gasteiger partial charge in [0.15, 0.2) is 0 Å². The molecule has 0 aliphatic carbocycles. The summed E-state index contributed by atoms with van der Waals surface area (Å²) in [5.41, 5.74) is 7.61. The predicted molar refractivity (Wildman–Crippen MR) is 73.1 cm³/mol. The molecule has 0 aliphatic heterocycles. The smallest absolute Gasteiger partial charge is 0.148 e. The van der Waals surface area contributed by atoms with E-state index in [9.17, 15) is 0 Å². The lowest BCUT2D eigenvalue weighted by atomic mass is 10.1. The van der Waals surface area contributed by atoms with Crippen molar-refractivity contribution in [1.29, 1.82) is 0 Å². The highest BCUT2D eigenvalue weighted by atomic mass is 35.5. The van der Waals surface area contributed by atoms with E-state index in [1.54, 1.807) is 6.20 Å². The third kappa shape index (κ3) is 2.81. The first-order valence-corrected chi connectivity index (χ1v) is 6.10. The van der Waals surface area contributed by atoms with Gasteiger partial charge in [0.2, 0.25) is 0 Å². The Bertz CT molecular complexity index is 555. The number of nitrogens with zero attached hydrogens (tertiary/aromatic N) is 1. The maximum atomic E-state index is 6.17. The average molecular weight is 263 g/mol. The number of benzene rings is 1. The predicted octanol–water partition coefficient (Wildman–Crippen LogP) is 3.86. The number of ether oxygens (including phenoxy) is 1. The van der Waals surface area contributed by atoms with Crippen LogP contribution in [0.15, 0.2) is 36.5 Å². The molecule has 1 aromatic heterocycles. The number of rotatable bonds is 3. The maximum Gasteiger partial charge on any atom is 0.148 e. The Morgan fingerprint density at radius 2 is 2.06 bits per heavy atom. The summed E-state index contributed by atoms with van der Waals surface area (Å²) in [6, 6.07) is 9.21. The van der Waals surface area contributed by atoms with Crippen molar-refractivity contribution in [3.8, 4) is 11.5 Å². The van der Waals surface area contributed by atoms with Crippen LogP contribution >= 0.6 is 11.6 Å². The lowest BCUT2D eigenvalue weighted by Crippen LogP contribution is -2.04. The fourth-order valence-corrected chi connectivity index (χ4v) is 1.81. The van der Waals surface area contributed by atoms with E-state index in [0.29, 0.717) is 16.5 Å². The molecule has 2 N–H and O–H groups in total. The molecule has 3 nitrogen and oxygen atoms in total. The lowest BCUT2D eigenvalue weighted by Gasteiger charge is -2.11. The normalized spacial score (nSPS) is 12.2. The van der Waals surface area contributed by atoms with Crippen LogP contribution in [0.5, 0.6) is 11.5 Å². The van der Waals surface area contributed by atoms with E-state index in [0.717, 1.165) is 11.3 Å². The summed E-state index contributed by atoms with van der Waals surface area (Å²) in [5.74, 6) is 1.31. The van der Waals surface area contributed by atoms with Crippen LogP contribution in [-0.4, -0.2) is 4.98 Å². The fourth-order valence-electron chi connectivity index (χ4n) is 1.58. The monoisotopic (exact) mass is 262 g/mol. The van der Waals surface area contributed by atoms with Crippen LogP contribution in [0.25, 0.3) is 0 Å². The van der Waals surface area contributed by atoms with Gasteiger partial charge < -0.3 is 10.5 Å². The molecule has 0 saturated carbocycles. The number of aromatic nitrogens is 1. The topological polar surface area (TPSA) is 48.1 Å². The van der Waals surface area contributed by atoms with Gasteiger partial charge in [0.05, 0.1) is 10.7 Å². The molecule has 0 bridgehead atoms. The van der Waals surface area contributed by atoms with Gasteiger partial charge in [0.25, 0.3) is 0 Å². The molecule has 4 heteroatoms. The number of nitrogens with two attached hydrogens (primary N) is 1. The molecular weight excluding hydrogens is 248 g/mol. The second-order valence-corrected chi connectivity index (χ2v) is 4.57. The Balaban J connectivity index is 2.28. The molecule has 2 aromatic rings. The second kappa shape index (κ2) is 5.38. The lowest BCUT2D eigenvalue weighted by molar-refractivity contribution is 0.475. The third-order valence-electron chi connectivity index (χ3n) is 2.66. The summed E-state index contributed by atoms with van der Waals surface area (Å²) in [5, 5.41) is 0.549. The van der Waals surface area contributed by atoms with Gasteiger partial charge in [-0.25, -0.2) is 0 Å². The molecule has 0 spiro atoms. The number of hydrogen-bond donors (Lipinski definition) is 1. The SMILES string of the molecule is Cc1ncccc1Oc1ccc([C@@H](C)N)cc1Cl. The first-order valence-electron chi connectivity index (χ1n) is 5.72. The standard InChI is InChI=1S/C14H15ClN2O/c1-9(16)11-5-6-14(12(15)8-11)18-13-4-3-7-17-10(13)2/h3-9H,16H2,1-2H3/t9-/m1/s1. The summed E-state index contributed by atoms with van der Waals surface area (Å²) in [4.78, 5) is 4.16. The van der Waals surface area contributed by atoms with Crippen LogP contribution in [0.1, 0.15) is 24.2 Å². The van der Waals surface area contributed by atoms with Crippen LogP contribution < -0.4 is 10.5 Å². The van der Waals surface area contributed by atoms with Gasteiger partial charge in [0, 0.05) is 12.2 Å². The zero-order valence-electron chi connectivity index (χ0n) is 10.4. The molecule has 2 rings (SSSR count). The Hall–Kier alpha value is -1.58. The minimum absolute atomic E-state index is 0.0447. The number of pyridine rings is 1. The van der Waals surface area contributed by atoms with E-state index in [1.807, 2.05) is 44.2 Å². The number of hydrogen-bond acceptors (Lipinski definition) is 3. The zero-order chi connectivity index (χ0) is 13.1. The van der Waals surface area contributed by atoms with Gasteiger partial charge in [-0.05, 0) is 43.7 Å². The number of halogens is 1. The molecular formula is C14H15ClN2O. The highest BCUT2D eigenvalue weighted by molar-refractivity contribution is 6.32. The maximum absolute atomic E-state index is 6.17. The summed E-state index contributed by atoms with van der Waals surface area (Å²) in [6.45, 7) is 3.80. The van der Waals surface area contributed by atoms with Crippen LogP contribution in [0.2, 0.25) is 5.02 Å². The molecule has 0 unspecified atom stereocenters. The minimum Gasteiger partial charge on any atom is -0.454 e. The van der Waals surface area contributed by atoms with Crippen LogP contribution in [0, 0.1) is 6.92 Å². The molecule has 18 heavy (non-hydrogen) atoms. The first kappa shape index (κ1) is 12.9. The van der Waals surface area contributed by atoms with Gasteiger partial charge in [-0.2, -0.15) is 0 Å². The molecule has 0 amide bonds. The fraction of sp³-hybridized carbons (Fsp3) is 0.214. The molecule has 1 aromatic carbocycles. The van der Waals surface area contributed by atoms with Crippen molar-refractivity contribution in [2.45, 2.75) is 19.9 Å². The van der Waals surface area contributed by atoms with Gasteiger partial charge in [-0.15, -0.1) is 0 Å². The van der Waals surface area contributed by atoms with E-state index < -0.39 is 0 Å². The van der Waals surface area contributed by atoms with Gasteiger partial charge in [-0.3, -0.25) is 4.98 Å². The third-order valence-corrected chi connectivity index (χ3v) is 2.96. The highest BCUT2D eigenvalue weighted by Gasteiger charge is 2.08. The van der Waals surface area contributed by atoms with Crippen molar-refractivity contribution >= 4 is 11.6 Å². The highest BCUT2D eigenvalue weighted by Crippen LogP contribution is 2.32. The van der Waals surface area contributed by atoms with Gasteiger partial charge in [-0.1, -0.05) is 17.7 Å². The quantitative estimate of drug-likeness (QED) is 0.914.